The second-order valence-corrected chi connectivity index (χ2v) is 4.96. The van der Waals surface area contributed by atoms with E-state index in [4.69, 9.17) is 0 Å². The van der Waals surface area contributed by atoms with Crippen LogP contribution in [0.2, 0.25) is 0 Å². The predicted octanol–water partition coefficient (Wildman–Crippen LogP) is -0.311. The summed E-state index contributed by atoms with van der Waals surface area (Å²) in [5, 5.41) is 9.18. The van der Waals surface area contributed by atoms with Crippen LogP contribution in [-0.4, -0.2) is 68.6 Å². The molecule has 0 heterocycles. The maximum Gasteiger partial charge on any atom is 0.472 e. The number of hydrogen-bond donors (Lipinski definition) is 2. The lowest BCUT2D eigenvalue weighted by molar-refractivity contribution is 0.0195. The number of likely N-dealkylation sites (N-methyl/N-ethyl adjacent to an activating group) is 1. The van der Waals surface area contributed by atoms with E-state index in [1.165, 1.54) is 7.11 Å². The standard InChI is InChI=1S/C8H20NO6P/c1-9(2)4-5-14-16(11,12)15-7-8(10)6-13-3/h8,10H,4-7H2,1-3H3,(H,11,12)/t8-/m1/s1. The Morgan fingerprint density at radius 2 is 1.94 bits per heavy atom. The van der Waals surface area contributed by atoms with Crippen LogP contribution in [0, 0.1) is 0 Å². The maximum atomic E-state index is 11.2. The highest BCUT2D eigenvalue weighted by molar-refractivity contribution is 7.47. The van der Waals surface area contributed by atoms with Gasteiger partial charge in [-0.2, -0.15) is 0 Å². The van der Waals surface area contributed by atoms with E-state index < -0.39 is 13.9 Å². The van der Waals surface area contributed by atoms with Crippen LogP contribution in [0.15, 0.2) is 0 Å². The summed E-state index contributed by atoms with van der Waals surface area (Å²) in [5.41, 5.74) is 0. The Kier molecular flexibility index (Phi) is 8.13. The summed E-state index contributed by atoms with van der Waals surface area (Å²) >= 11 is 0. The van der Waals surface area contributed by atoms with Crippen molar-refractivity contribution >= 4 is 7.82 Å². The number of hydrogen-bond acceptors (Lipinski definition) is 6. The average molecular weight is 257 g/mol. The summed E-state index contributed by atoms with van der Waals surface area (Å²) in [5.74, 6) is 0. The second kappa shape index (κ2) is 8.14. The molecule has 8 heteroatoms. The Bertz CT molecular complexity index is 225. The molecule has 0 aromatic carbocycles. The molecule has 0 aliphatic heterocycles. The molecule has 98 valence electrons. The second-order valence-electron chi connectivity index (χ2n) is 3.51. The van der Waals surface area contributed by atoms with Gasteiger partial charge < -0.3 is 19.6 Å². The van der Waals surface area contributed by atoms with Gasteiger partial charge in [-0.05, 0) is 14.1 Å². The monoisotopic (exact) mass is 257 g/mol. The van der Waals surface area contributed by atoms with Gasteiger partial charge in [0.1, 0.15) is 6.10 Å². The minimum Gasteiger partial charge on any atom is -0.388 e. The van der Waals surface area contributed by atoms with Gasteiger partial charge in [-0.15, -0.1) is 0 Å². The van der Waals surface area contributed by atoms with E-state index in [1.807, 2.05) is 14.1 Å². The minimum absolute atomic E-state index is 0.0394. The number of aliphatic hydroxyl groups excluding tert-OH is 1. The molecule has 0 aliphatic rings. The fraction of sp³-hybridized carbons (Fsp3) is 1.00. The lowest BCUT2D eigenvalue weighted by Crippen LogP contribution is -2.21. The molecule has 0 rings (SSSR count). The van der Waals surface area contributed by atoms with Crippen LogP contribution >= 0.6 is 7.82 Å². The van der Waals surface area contributed by atoms with Crippen LogP contribution in [0.25, 0.3) is 0 Å². The first-order valence-corrected chi connectivity index (χ1v) is 6.30. The van der Waals surface area contributed by atoms with E-state index >= 15 is 0 Å². The highest BCUT2D eigenvalue weighted by Gasteiger charge is 2.22. The first-order chi connectivity index (χ1) is 7.37. The van der Waals surface area contributed by atoms with Crippen molar-refractivity contribution in [3.63, 3.8) is 0 Å². The van der Waals surface area contributed by atoms with Gasteiger partial charge in [-0.3, -0.25) is 9.05 Å². The Labute approximate surface area is 95.5 Å². The molecule has 0 aliphatic carbocycles. The summed E-state index contributed by atoms with van der Waals surface area (Å²) < 4.78 is 25.1. The third-order valence-electron chi connectivity index (χ3n) is 1.58. The number of ether oxygens (including phenoxy) is 1. The SMILES string of the molecule is COC[C@@H](O)COP(=O)(O)OCCN(C)C. The first kappa shape index (κ1) is 16.0. The lowest BCUT2D eigenvalue weighted by Gasteiger charge is -2.16. The molecule has 0 saturated heterocycles. The number of aliphatic hydroxyl groups is 1. The third-order valence-corrected chi connectivity index (χ3v) is 2.57. The van der Waals surface area contributed by atoms with Crippen molar-refractivity contribution in [1.82, 2.24) is 4.90 Å². The summed E-state index contributed by atoms with van der Waals surface area (Å²) in [7, 11) is 0.972. The summed E-state index contributed by atoms with van der Waals surface area (Å²) in [4.78, 5) is 11.0. The number of phosphoric acid groups is 1. The van der Waals surface area contributed by atoms with Gasteiger partial charge in [0.2, 0.25) is 0 Å². The van der Waals surface area contributed by atoms with Gasteiger partial charge in [0, 0.05) is 13.7 Å². The maximum absolute atomic E-state index is 11.2. The quantitative estimate of drug-likeness (QED) is 0.548. The average Bonchev–Trinajstić information content (AvgIpc) is 2.14. The van der Waals surface area contributed by atoms with Crippen LogP contribution in [0.1, 0.15) is 0 Å². The molecule has 1 unspecified atom stereocenters. The van der Waals surface area contributed by atoms with E-state index in [0.29, 0.717) is 6.54 Å². The third kappa shape index (κ3) is 9.23. The van der Waals surface area contributed by atoms with Gasteiger partial charge in [-0.1, -0.05) is 0 Å². The molecule has 2 N–H and O–H groups in total. The van der Waals surface area contributed by atoms with E-state index in [2.05, 4.69) is 13.8 Å². The first-order valence-electron chi connectivity index (χ1n) is 4.81. The lowest BCUT2D eigenvalue weighted by atomic mass is 10.4. The van der Waals surface area contributed by atoms with Crippen molar-refractivity contribution in [2.24, 2.45) is 0 Å². The summed E-state index contributed by atoms with van der Waals surface area (Å²) in [6.07, 6.45) is -0.942. The molecule has 0 spiro atoms. The molecule has 0 aromatic rings. The van der Waals surface area contributed by atoms with Crippen LogP contribution < -0.4 is 0 Å². The molecule has 0 saturated carbocycles. The topological polar surface area (TPSA) is 88.5 Å². The van der Waals surface area contributed by atoms with E-state index in [1.54, 1.807) is 4.90 Å². The fourth-order valence-electron chi connectivity index (χ4n) is 0.797. The fourth-order valence-corrected chi connectivity index (χ4v) is 1.54. The van der Waals surface area contributed by atoms with Crippen LogP contribution in [-0.2, 0) is 18.3 Å². The largest absolute Gasteiger partial charge is 0.472 e. The molecule has 7 nitrogen and oxygen atoms in total. The van der Waals surface area contributed by atoms with Gasteiger partial charge in [0.15, 0.2) is 0 Å². The van der Waals surface area contributed by atoms with Gasteiger partial charge >= 0.3 is 7.82 Å². The molecule has 0 radical (unpaired) electrons. The molecule has 0 aromatic heterocycles. The van der Waals surface area contributed by atoms with Gasteiger partial charge in [0.25, 0.3) is 0 Å². The Hall–Kier alpha value is -0.0100. The van der Waals surface area contributed by atoms with E-state index in [-0.39, 0.29) is 19.8 Å². The van der Waals surface area contributed by atoms with Crippen molar-refractivity contribution in [2.75, 3.05) is 47.6 Å². The van der Waals surface area contributed by atoms with E-state index in [9.17, 15) is 14.6 Å². The van der Waals surface area contributed by atoms with Crippen LogP contribution in [0.3, 0.4) is 0 Å². The van der Waals surface area contributed by atoms with Crippen molar-refractivity contribution in [3.05, 3.63) is 0 Å². The number of rotatable bonds is 9. The van der Waals surface area contributed by atoms with Crippen LogP contribution in [0.5, 0.6) is 0 Å². The Morgan fingerprint density at radius 1 is 1.31 bits per heavy atom. The smallest absolute Gasteiger partial charge is 0.388 e. The number of phosphoric ester groups is 1. The van der Waals surface area contributed by atoms with Crippen molar-refractivity contribution < 1.29 is 28.3 Å². The normalized spacial score (nSPS) is 17.4. The molecule has 2 atom stereocenters. The van der Waals surface area contributed by atoms with Crippen molar-refractivity contribution in [1.29, 1.82) is 0 Å². The molecule has 0 amide bonds. The minimum atomic E-state index is -4.07. The zero-order chi connectivity index (χ0) is 12.6. The van der Waals surface area contributed by atoms with Gasteiger partial charge in [0.05, 0.1) is 19.8 Å². The summed E-state index contributed by atoms with van der Waals surface area (Å²) in [6.45, 7) is 0.330. The van der Waals surface area contributed by atoms with Crippen LogP contribution in [0.4, 0.5) is 0 Å². The molecule has 16 heavy (non-hydrogen) atoms. The highest BCUT2D eigenvalue weighted by Crippen LogP contribution is 2.42. The molecule has 0 bridgehead atoms. The molecular weight excluding hydrogens is 237 g/mol. The number of nitrogens with zero attached hydrogens (tertiary/aromatic N) is 1. The van der Waals surface area contributed by atoms with Crippen molar-refractivity contribution in [2.45, 2.75) is 6.10 Å². The number of methoxy groups -OCH3 is 1. The summed E-state index contributed by atoms with van der Waals surface area (Å²) in [6, 6.07) is 0. The van der Waals surface area contributed by atoms with E-state index in [0.717, 1.165) is 0 Å². The molecular formula is C8H20NO6P. The Morgan fingerprint density at radius 3 is 2.44 bits per heavy atom. The molecule has 0 fully saturated rings. The zero-order valence-corrected chi connectivity index (χ0v) is 10.7. The van der Waals surface area contributed by atoms with Crippen molar-refractivity contribution in [3.8, 4) is 0 Å². The van der Waals surface area contributed by atoms with Gasteiger partial charge in [-0.25, -0.2) is 4.57 Å². The highest BCUT2D eigenvalue weighted by atomic mass is 31.2. The predicted molar refractivity (Wildman–Crippen MR) is 58.2 cm³/mol. The Balaban J connectivity index is 3.73. The zero-order valence-electron chi connectivity index (χ0n) is 9.83.